The number of hydrogen-bond acceptors (Lipinski definition) is 5. The number of ether oxygens (including phenoxy) is 1. The largest absolute Gasteiger partial charge is 0.393 e. The fourth-order valence-electron chi connectivity index (χ4n) is 3.05. The number of amides is 1. The third-order valence-corrected chi connectivity index (χ3v) is 4.33. The van der Waals surface area contributed by atoms with Crippen LogP contribution >= 0.6 is 24.8 Å². The van der Waals surface area contributed by atoms with Gasteiger partial charge >= 0.3 is 6.18 Å². The van der Waals surface area contributed by atoms with Crippen molar-refractivity contribution in [1.82, 2.24) is 10.3 Å². The average molecular weight is 417 g/mol. The molecule has 1 aromatic heterocycles. The van der Waals surface area contributed by atoms with Crippen LogP contribution in [0.4, 0.5) is 24.7 Å². The van der Waals surface area contributed by atoms with Crippen LogP contribution in [0.2, 0.25) is 0 Å². The molecule has 148 valence electrons. The van der Waals surface area contributed by atoms with Gasteiger partial charge in [-0.25, -0.2) is 4.98 Å². The highest BCUT2D eigenvalue weighted by molar-refractivity contribution is 5.95. The van der Waals surface area contributed by atoms with Crippen LogP contribution in [-0.2, 0) is 9.53 Å². The lowest BCUT2D eigenvalue weighted by Crippen LogP contribution is -2.39. The van der Waals surface area contributed by atoms with Crippen LogP contribution in [0.25, 0.3) is 0 Å². The molecule has 0 saturated carbocycles. The second kappa shape index (κ2) is 9.59. The van der Waals surface area contributed by atoms with Gasteiger partial charge in [-0.05, 0) is 12.1 Å². The third kappa shape index (κ3) is 5.12. The summed E-state index contributed by atoms with van der Waals surface area (Å²) in [7, 11) is 0. The first-order chi connectivity index (χ1) is 11.5. The zero-order valence-electron chi connectivity index (χ0n) is 13.8. The highest BCUT2D eigenvalue weighted by atomic mass is 35.5. The first-order valence-corrected chi connectivity index (χ1v) is 7.83. The summed E-state index contributed by atoms with van der Waals surface area (Å²) >= 11 is 0. The molecule has 2 aliphatic heterocycles. The van der Waals surface area contributed by atoms with Crippen LogP contribution in [-0.4, -0.2) is 56.5 Å². The van der Waals surface area contributed by atoms with Gasteiger partial charge in [0.25, 0.3) is 0 Å². The van der Waals surface area contributed by atoms with Crippen molar-refractivity contribution in [1.29, 1.82) is 0 Å². The molecule has 26 heavy (non-hydrogen) atoms. The lowest BCUT2D eigenvalue weighted by Gasteiger charge is -2.29. The number of pyridine rings is 1. The van der Waals surface area contributed by atoms with E-state index >= 15 is 0 Å². The molecule has 2 aliphatic rings. The molecule has 1 amide bonds. The number of carbonyl (C=O) groups is 1. The van der Waals surface area contributed by atoms with Crippen molar-refractivity contribution in [3.05, 3.63) is 18.3 Å². The number of aromatic nitrogens is 1. The van der Waals surface area contributed by atoms with E-state index in [0.717, 1.165) is 0 Å². The number of alkyl halides is 3. The summed E-state index contributed by atoms with van der Waals surface area (Å²) in [4.78, 5) is 18.6. The first-order valence-electron chi connectivity index (χ1n) is 7.83. The molecule has 6 nitrogen and oxygen atoms in total. The summed E-state index contributed by atoms with van der Waals surface area (Å²) in [6.45, 7) is 2.12. The number of morpholine rings is 1. The Balaban J connectivity index is 0.00000169. The molecule has 0 radical (unpaired) electrons. The topological polar surface area (TPSA) is 66.5 Å². The molecule has 2 atom stereocenters. The molecule has 0 bridgehead atoms. The Hall–Kier alpha value is -1.29. The van der Waals surface area contributed by atoms with Crippen LogP contribution in [0.3, 0.4) is 0 Å². The van der Waals surface area contributed by atoms with E-state index in [-0.39, 0.29) is 37.9 Å². The number of carbonyl (C=O) groups excluding carboxylic acids is 1. The summed E-state index contributed by atoms with van der Waals surface area (Å²) in [6, 6.07) is 3.30. The van der Waals surface area contributed by atoms with E-state index in [0.29, 0.717) is 37.8 Å². The molecule has 2 N–H and O–H groups in total. The standard InChI is InChI=1S/C15H19F3N4O2.2ClH/c16-15(17,18)11-9-19-8-10(11)14(23)21-12-2-1-3-20-13(12)22-4-6-24-7-5-22;;/h1-3,10-11,19H,4-9H2,(H,21,23);2*1H/t10-,11-;;/m1../s1. The van der Waals surface area contributed by atoms with E-state index in [1.807, 2.05) is 4.90 Å². The Morgan fingerprint density at radius 1 is 1.27 bits per heavy atom. The number of nitrogens with one attached hydrogen (secondary N) is 2. The maximum Gasteiger partial charge on any atom is 0.393 e. The maximum atomic E-state index is 13.0. The molecule has 1 aromatic rings. The Bertz CT molecular complexity index is 600. The lowest BCUT2D eigenvalue weighted by molar-refractivity contribution is -0.181. The second-order valence-corrected chi connectivity index (χ2v) is 5.88. The highest BCUT2D eigenvalue weighted by Gasteiger charge is 2.49. The van der Waals surface area contributed by atoms with Gasteiger partial charge in [0.15, 0.2) is 5.82 Å². The van der Waals surface area contributed by atoms with Crippen molar-refractivity contribution in [3.63, 3.8) is 0 Å². The van der Waals surface area contributed by atoms with Gasteiger partial charge < -0.3 is 20.3 Å². The van der Waals surface area contributed by atoms with Crippen molar-refractivity contribution in [3.8, 4) is 0 Å². The fraction of sp³-hybridized carbons (Fsp3) is 0.600. The number of anilines is 2. The lowest BCUT2D eigenvalue weighted by atomic mass is 9.94. The Kier molecular flexibility index (Phi) is 8.39. The van der Waals surface area contributed by atoms with Gasteiger partial charge in [-0.3, -0.25) is 4.79 Å². The predicted octanol–water partition coefficient (Wildman–Crippen LogP) is 2.10. The molecule has 0 aromatic carbocycles. The van der Waals surface area contributed by atoms with Gasteiger partial charge in [0.05, 0.1) is 30.7 Å². The average Bonchev–Trinajstić information content (AvgIpc) is 3.06. The molecule has 3 heterocycles. The Morgan fingerprint density at radius 2 is 1.96 bits per heavy atom. The van der Waals surface area contributed by atoms with Crippen molar-refractivity contribution >= 4 is 42.2 Å². The highest BCUT2D eigenvalue weighted by Crippen LogP contribution is 2.35. The minimum atomic E-state index is -4.40. The van der Waals surface area contributed by atoms with Crippen molar-refractivity contribution in [2.45, 2.75) is 6.18 Å². The number of nitrogens with zero attached hydrogens (tertiary/aromatic N) is 2. The summed E-state index contributed by atoms with van der Waals surface area (Å²) in [5.41, 5.74) is 0.428. The van der Waals surface area contributed by atoms with Gasteiger partial charge in [0.2, 0.25) is 5.91 Å². The van der Waals surface area contributed by atoms with Crippen LogP contribution < -0.4 is 15.5 Å². The summed E-state index contributed by atoms with van der Waals surface area (Å²) in [6.07, 6.45) is -2.80. The zero-order valence-corrected chi connectivity index (χ0v) is 15.4. The normalized spacial score (nSPS) is 23.0. The predicted molar refractivity (Wildman–Crippen MR) is 96.3 cm³/mol. The van der Waals surface area contributed by atoms with Crippen molar-refractivity contribution < 1.29 is 22.7 Å². The van der Waals surface area contributed by atoms with E-state index in [9.17, 15) is 18.0 Å². The first kappa shape index (κ1) is 22.8. The van der Waals surface area contributed by atoms with Crippen molar-refractivity contribution in [2.75, 3.05) is 49.6 Å². The van der Waals surface area contributed by atoms with E-state index in [2.05, 4.69) is 15.6 Å². The van der Waals surface area contributed by atoms with Crippen LogP contribution in [0.15, 0.2) is 18.3 Å². The van der Waals surface area contributed by atoms with Gasteiger partial charge in [-0.15, -0.1) is 24.8 Å². The molecular formula is C15H21Cl2F3N4O2. The van der Waals surface area contributed by atoms with Crippen LogP contribution in [0.1, 0.15) is 0 Å². The maximum absolute atomic E-state index is 13.0. The summed E-state index contributed by atoms with van der Waals surface area (Å²) in [5.74, 6) is -2.88. The SMILES string of the molecule is Cl.Cl.O=C(Nc1cccnc1N1CCOCC1)[C@@H]1CNC[C@H]1C(F)(F)F. The Labute approximate surface area is 161 Å². The van der Waals surface area contributed by atoms with Gasteiger partial charge in [-0.1, -0.05) is 0 Å². The minimum Gasteiger partial charge on any atom is -0.378 e. The molecule has 0 unspecified atom stereocenters. The second-order valence-electron chi connectivity index (χ2n) is 5.88. The van der Waals surface area contributed by atoms with Crippen molar-refractivity contribution in [2.24, 2.45) is 11.8 Å². The molecule has 11 heteroatoms. The van der Waals surface area contributed by atoms with Gasteiger partial charge in [-0.2, -0.15) is 13.2 Å². The van der Waals surface area contributed by atoms with E-state index < -0.39 is 23.9 Å². The van der Waals surface area contributed by atoms with E-state index in [4.69, 9.17) is 4.74 Å². The van der Waals surface area contributed by atoms with Crippen LogP contribution in [0.5, 0.6) is 0 Å². The molecule has 0 spiro atoms. The quantitative estimate of drug-likeness (QED) is 0.789. The number of halogens is 5. The monoisotopic (exact) mass is 416 g/mol. The molecule has 2 saturated heterocycles. The zero-order chi connectivity index (χ0) is 17.2. The molecular weight excluding hydrogens is 396 g/mol. The van der Waals surface area contributed by atoms with Gasteiger partial charge in [0.1, 0.15) is 0 Å². The molecule has 3 rings (SSSR count). The third-order valence-electron chi connectivity index (χ3n) is 4.33. The summed E-state index contributed by atoms with van der Waals surface area (Å²) in [5, 5.41) is 5.28. The fourth-order valence-corrected chi connectivity index (χ4v) is 3.05. The minimum absolute atomic E-state index is 0. The molecule has 0 aliphatic carbocycles. The smallest absolute Gasteiger partial charge is 0.378 e. The van der Waals surface area contributed by atoms with E-state index in [1.54, 1.807) is 18.3 Å². The van der Waals surface area contributed by atoms with E-state index in [1.165, 1.54) is 0 Å². The Morgan fingerprint density at radius 3 is 2.62 bits per heavy atom. The van der Waals surface area contributed by atoms with Crippen LogP contribution in [0, 0.1) is 11.8 Å². The number of hydrogen-bond donors (Lipinski definition) is 2. The molecule has 2 fully saturated rings. The van der Waals surface area contributed by atoms with Gasteiger partial charge in [0, 0.05) is 32.4 Å². The summed E-state index contributed by atoms with van der Waals surface area (Å²) < 4.78 is 44.4. The number of rotatable bonds is 3.